The van der Waals surface area contributed by atoms with Crippen LogP contribution >= 0.6 is 11.8 Å². The minimum Gasteiger partial charge on any atom is -0.492 e. The van der Waals surface area contributed by atoms with E-state index >= 15 is 0 Å². The normalized spacial score (nSPS) is 10.7. The molecule has 1 aromatic heterocycles. The number of thioether (sulfide) groups is 1. The first kappa shape index (κ1) is 18.0. The van der Waals surface area contributed by atoms with Gasteiger partial charge in [0.25, 0.3) is 0 Å². The number of aromatic nitrogens is 4. The zero-order valence-electron chi connectivity index (χ0n) is 13.7. The number of para-hydroxylation sites is 2. The number of halogens is 2. The fourth-order valence-corrected chi connectivity index (χ4v) is 2.99. The lowest BCUT2D eigenvalue weighted by molar-refractivity contribution is 0.102. The summed E-state index contributed by atoms with van der Waals surface area (Å²) >= 11 is 1.09. The maximum atomic E-state index is 13.3. The third kappa shape index (κ3) is 3.88. The highest BCUT2D eigenvalue weighted by Crippen LogP contribution is 2.26. The summed E-state index contributed by atoms with van der Waals surface area (Å²) in [5.74, 6) is -1.83. The molecule has 0 atom stereocenters. The van der Waals surface area contributed by atoms with E-state index in [1.54, 1.807) is 12.1 Å². The second-order valence-corrected chi connectivity index (χ2v) is 6.06. The first-order valence-electron chi connectivity index (χ1n) is 7.71. The Morgan fingerprint density at radius 3 is 2.77 bits per heavy atom. The summed E-state index contributed by atoms with van der Waals surface area (Å²) < 4.78 is 33.3. The molecule has 0 saturated carbocycles. The molecule has 3 aromatic rings. The predicted molar refractivity (Wildman–Crippen MR) is 91.7 cm³/mol. The second-order valence-electron chi connectivity index (χ2n) is 5.11. The first-order valence-corrected chi connectivity index (χ1v) is 8.70. The third-order valence-corrected chi connectivity index (χ3v) is 4.33. The molecule has 0 amide bonds. The summed E-state index contributed by atoms with van der Waals surface area (Å²) in [6.45, 7) is 2.35. The van der Waals surface area contributed by atoms with Gasteiger partial charge in [-0.2, -0.15) is 4.68 Å². The lowest BCUT2D eigenvalue weighted by Crippen LogP contribution is -2.07. The van der Waals surface area contributed by atoms with Crippen molar-refractivity contribution in [2.75, 3.05) is 12.4 Å². The van der Waals surface area contributed by atoms with Gasteiger partial charge in [0, 0.05) is 5.56 Å². The van der Waals surface area contributed by atoms with Crippen LogP contribution < -0.4 is 4.74 Å². The summed E-state index contributed by atoms with van der Waals surface area (Å²) in [6, 6.07) is 10.3. The van der Waals surface area contributed by atoms with Crippen LogP contribution in [-0.4, -0.2) is 38.4 Å². The Morgan fingerprint density at radius 2 is 2.00 bits per heavy atom. The van der Waals surface area contributed by atoms with Gasteiger partial charge in [-0.3, -0.25) is 4.79 Å². The van der Waals surface area contributed by atoms with Crippen molar-refractivity contribution >= 4 is 17.5 Å². The molecular formula is C17H14F2N4O2S. The SMILES string of the molecule is CCOc1ccccc1-n1nnnc1SCC(=O)c1ccc(F)c(F)c1. The lowest BCUT2D eigenvalue weighted by atomic mass is 10.1. The van der Waals surface area contributed by atoms with Crippen molar-refractivity contribution in [3.8, 4) is 11.4 Å². The highest BCUT2D eigenvalue weighted by Gasteiger charge is 2.16. The third-order valence-electron chi connectivity index (χ3n) is 3.41. The number of benzene rings is 2. The fourth-order valence-electron chi connectivity index (χ4n) is 2.21. The standard InChI is InChI=1S/C17H14F2N4O2S/c1-2-25-16-6-4-3-5-14(16)23-17(20-21-22-23)26-10-15(24)11-7-8-12(18)13(19)9-11/h3-9H,2,10H2,1H3. The Labute approximate surface area is 152 Å². The molecule has 0 spiro atoms. The Kier molecular flexibility index (Phi) is 5.57. The molecule has 2 aromatic carbocycles. The van der Waals surface area contributed by atoms with Crippen LogP contribution in [0.4, 0.5) is 8.78 Å². The summed E-state index contributed by atoms with van der Waals surface area (Å²) in [4.78, 5) is 12.2. The number of carbonyl (C=O) groups is 1. The van der Waals surface area contributed by atoms with Crippen molar-refractivity contribution in [1.29, 1.82) is 0 Å². The number of Topliss-reactive ketones (excluding diaryl/α,β-unsaturated/α-hetero) is 1. The highest BCUT2D eigenvalue weighted by molar-refractivity contribution is 7.99. The Bertz CT molecular complexity index is 933. The van der Waals surface area contributed by atoms with E-state index in [0.29, 0.717) is 23.2 Å². The topological polar surface area (TPSA) is 69.9 Å². The Morgan fingerprint density at radius 1 is 1.19 bits per heavy atom. The molecule has 0 radical (unpaired) electrons. The largest absolute Gasteiger partial charge is 0.492 e. The summed E-state index contributed by atoms with van der Waals surface area (Å²) in [7, 11) is 0. The van der Waals surface area contributed by atoms with E-state index in [2.05, 4.69) is 15.5 Å². The molecule has 0 N–H and O–H groups in total. The zero-order valence-corrected chi connectivity index (χ0v) is 14.5. The van der Waals surface area contributed by atoms with Crippen LogP contribution in [0.3, 0.4) is 0 Å². The van der Waals surface area contributed by atoms with Gasteiger partial charge >= 0.3 is 0 Å². The van der Waals surface area contributed by atoms with Crippen LogP contribution in [0.25, 0.3) is 5.69 Å². The summed E-state index contributed by atoms with van der Waals surface area (Å²) in [5.41, 5.74) is 0.729. The van der Waals surface area contributed by atoms with Crippen molar-refractivity contribution in [3.63, 3.8) is 0 Å². The van der Waals surface area contributed by atoms with E-state index in [-0.39, 0.29) is 17.1 Å². The molecule has 26 heavy (non-hydrogen) atoms. The highest BCUT2D eigenvalue weighted by atomic mass is 32.2. The van der Waals surface area contributed by atoms with Gasteiger partial charge in [-0.25, -0.2) is 8.78 Å². The number of nitrogens with zero attached hydrogens (tertiary/aromatic N) is 4. The number of tetrazole rings is 1. The molecule has 0 unspecified atom stereocenters. The molecule has 1 heterocycles. The molecule has 0 saturated heterocycles. The maximum absolute atomic E-state index is 13.3. The van der Waals surface area contributed by atoms with E-state index in [0.717, 1.165) is 23.9 Å². The Hall–Kier alpha value is -2.81. The molecule has 0 bridgehead atoms. The Balaban J connectivity index is 1.77. The molecule has 0 aliphatic heterocycles. The number of ether oxygens (including phenoxy) is 1. The van der Waals surface area contributed by atoms with Gasteiger partial charge in [0.05, 0.1) is 12.4 Å². The quantitative estimate of drug-likeness (QED) is 0.465. The number of rotatable bonds is 7. The number of carbonyl (C=O) groups excluding carboxylic acids is 1. The first-order chi connectivity index (χ1) is 12.6. The molecule has 0 fully saturated rings. The van der Waals surface area contributed by atoms with E-state index in [9.17, 15) is 13.6 Å². The van der Waals surface area contributed by atoms with Crippen LogP contribution in [0.2, 0.25) is 0 Å². The van der Waals surface area contributed by atoms with E-state index in [1.165, 1.54) is 10.7 Å². The minimum absolute atomic E-state index is 0.0255. The number of hydrogen-bond acceptors (Lipinski definition) is 6. The average molecular weight is 376 g/mol. The van der Waals surface area contributed by atoms with Gasteiger partial charge in [0.15, 0.2) is 17.4 Å². The van der Waals surface area contributed by atoms with Gasteiger partial charge in [0.2, 0.25) is 5.16 Å². The van der Waals surface area contributed by atoms with Crippen LogP contribution in [0.1, 0.15) is 17.3 Å². The van der Waals surface area contributed by atoms with Crippen LogP contribution in [-0.2, 0) is 0 Å². The molecule has 9 heteroatoms. The zero-order chi connectivity index (χ0) is 18.5. The van der Waals surface area contributed by atoms with Gasteiger partial charge in [-0.05, 0) is 47.7 Å². The molecule has 134 valence electrons. The average Bonchev–Trinajstić information content (AvgIpc) is 3.11. The maximum Gasteiger partial charge on any atom is 0.214 e. The molecule has 0 aliphatic rings. The smallest absolute Gasteiger partial charge is 0.214 e. The van der Waals surface area contributed by atoms with E-state index in [4.69, 9.17) is 4.74 Å². The van der Waals surface area contributed by atoms with Crippen LogP contribution in [0, 0.1) is 11.6 Å². The molecule has 3 rings (SSSR count). The summed E-state index contributed by atoms with van der Waals surface area (Å²) in [6.07, 6.45) is 0. The van der Waals surface area contributed by atoms with Crippen LogP contribution in [0.5, 0.6) is 5.75 Å². The fraction of sp³-hybridized carbons (Fsp3) is 0.176. The van der Waals surface area contributed by atoms with E-state index < -0.39 is 11.6 Å². The predicted octanol–water partition coefficient (Wildman–Crippen LogP) is 3.31. The second kappa shape index (κ2) is 8.05. The molecule has 0 aliphatic carbocycles. The lowest BCUT2D eigenvalue weighted by Gasteiger charge is -2.10. The van der Waals surface area contributed by atoms with Gasteiger partial charge in [0.1, 0.15) is 11.4 Å². The summed E-state index contributed by atoms with van der Waals surface area (Å²) in [5, 5.41) is 11.9. The monoisotopic (exact) mass is 376 g/mol. The molecular weight excluding hydrogens is 362 g/mol. The minimum atomic E-state index is -1.06. The van der Waals surface area contributed by atoms with Gasteiger partial charge in [-0.15, -0.1) is 5.10 Å². The molecule has 6 nitrogen and oxygen atoms in total. The van der Waals surface area contributed by atoms with Crippen molar-refractivity contribution in [3.05, 3.63) is 59.7 Å². The van der Waals surface area contributed by atoms with Crippen molar-refractivity contribution in [2.45, 2.75) is 12.1 Å². The van der Waals surface area contributed by atoms with Crippen molar-refractivity contribution in [2.24, 2.45) is 0 Å². The van der Waals surface area contributed by atoms with Crippen molar-refractivity contribution < 1.29 is 18.3 Å². The van der Waals surface area contributed by atoms with Gasteiger partial charge in [-0.1, -0.05) is 23.9 Å². The van der Waals surface area contributed by atoms with E-state index in [1.807, 2.05) is 19.1 Å². The van der Waals surface area contributed by atoms with Crippen LogP contribution in [0.15, 0.2) is 47.6 Å². The van der Waals surface area contributed by atoms with Crippen molar-refractivity contribution in [1.82, 2.24) is 20.2 Å². The number of ketones is 1. The number of hydrogen-bond donors (Lipinski definition) is 0. The van der Waals surface area contributed by atoms with Gasteiger partial charge < -0.3 is 4.74 Å².